The van der Waals surface area contributed by atoms with Crippen LogP contribution in [0.25, 0.3) is 0 Å². The summed E-state index contributed by atoms with van der Waals surface area (Å²) >= 11 is 2.18. The number of halogens is 2. The smallest absolute Gasteiger partial charge is 0.109 e. The summed E-state index contributed by atoms with van der Waals surface area (Å²) in [6, 6.07) is 17.4. The first-order valence-corrected chi connectivity index (χ1v) is 19.2. The second-order valence-electron chi connectivity index (χ2n) is 16.8. The molecule has 0 aromatic heterocycles. The van der Waals surface area contributed by atoms with Crippen LogP contribution in [0, 0.1) is 70.2 Å². The molecule has 8 rings (SSSR count). The third-order valence-electron chi connectivity index (χ3n) is 15.3. The van der Waals surface area contributed by atoms with Gasteiger partial charge in [0, 0.05) is 10.8 Å². The summed E-state index contributed by atoms with van der Waals surface area (Å²) in [5.74, 6) is 0.460. The van der Waals surface area contributed by atoms with E-state index in [1.165, 1.54) is 31.6 Å². The van der Waals surface area contributed by atoms with Gasteiger partial charge in [-0.3, -0.25) is 6.08 Å². The minimum atomic E-state index is 0. The van der Waals surface area contributed by atoms with Gasteiger partial charge in [-0.15, -0.1) is 23.8 Å². The molecule has 0 amide bonds. The van der Waals surface area contributed by atoms with E-state index in [1.807, 2.05) is 12.2 Å². The molecule has 0 bridgehead atoms. The van der Waals surface area contributed by atoms with Crippen LogP contribution in [-0.2, 0) is 20.0 Å². The first kappa shape index (κ1) is 42.3. The summed E-state index contributed by atoms with van der Waals surface area (Å²) in [5.41, 5.74) is 6.95. The number of rotatable bonds is 2. The van der Waals surface area contributed by atoms with E-state index < -0.39 is 0 Å². The van der Waals surface area contributed by atoms with Gasteiger partial charge in [-0.1, -0.05) is 115 Å². The van der Waals surface area contributed by atoms with Crippen LogP contribution in [0.1, 0.15) is 84.1 Å². The Hall–Kier alpha value is -2.48. The Bertz CT molecular complexity index is 1840. The zero-order chi connectivity index (χ0) is 36.2. The van der Waals surface area contributed by atoms with E-state index in [2.05, 4.69) is 223 Å². The molecule has 2 aromatic rings. The van der Waals surface area contributed by atoms with E-state index in [1.54, 1.807) is 0 Å². The van der Waals surface area contributed by atoms with Crippen molar-refractivity contribution in [2.75, 3.05) is 0 Å². The van der Waals surface area contributed by atoms with Crippen molar-refractivity contribution in [2.45, 2.75) is 75.7 Å². The molecule has 6 aliphatic carbocycles. The van der Waals surface area contributed by atoms with E-state index in [9.17, 15) is 0 Å². The van der Waals surface area contributed by atoms with Crippen LogP contribution < -0.4 is 24.8 Å². The molecular formula is C49H56Cl2Ti-2. The Kier molecular flexibility index (Phi) is 12.2. The first-order valence-electron chi connectivity index (χ1n) is 18.5. The van der Waals surface area contributed by atoms with Gasteiger partial charge in [0.2, 0.25) is 0 Å². The van der Waals surface area contributed by atoms with Gasteiger partial charge in [-0.05, 0) is 28.6 Å². The number of benzene rings is 2. The monoisotopic (exact) mass is 762 g/mol. The molecule has 52 heavy (non-hydrogen) atoms. The van der Waals surface area contributed by atoms with E-state index in [4.69, 9.17) is 0 Å². The van der Waals surface area contributed by atoms with Gasteiger partial charge >= 0.3 is 108 Å². The Morgan fingerprint density at radius 2 is 1.10 bits per heavy atom. The van der Waals surface area contributed by atoms with Gasteiger partial charge in [0.25, 0.3) is 0 Å². The minimum absolute atomic E-state index is 0. The van der Waals surface area contributed by atoms with Crippen LogP contribution in [0.3, 0.4) is 0 Å². The summed E-state index contributed by atoms with van der Waals surface area (Å²) in [4.78, 5) is 0. The van der Waals surface area contributed by atoms with Crippen molar-refractivity contribution in [3.8, 4) is 0 Å². The summed E-state index contributed by atoms with van der Waals surface area (Å²) in [7, 11) is 0. The van der Waals surface area contributed by atoms with Crippen LogP contribution >= 0.6 is 0 Å². The average Bonchev–Trinajstić information content (AvgIpc) is 3.75. The third kappa shape index (κ3) is 5.68. The standard InChI is InChI=1S/C29H37.C15H14.C5H5.2ClH.Ti/c1-21-14-13-15-22-20-27(6)25(4)18-10-9-16-23(25,2)24(3)17-11-12-19-26(24,5)29(27,8)28(21,22)7;1-12-3-7-14(8-4-12)11-15-9-5-13(2)6-10-15;1-2-4-5-3-1;;;/h9-20,22H,1-8H3;3-10H,1-2H3;1-3H,4H2;2*1H;/q-1;;-1;;;+2/p-2. The molecule has 0 radical (unpaired) electrons. The van der Waals surface area contributed by atoms with Crippen molar-refractivity contribution in [1.82, 2.24) is 0 Å². The average molecular weight is 764 g/mol. The van der Waals surface area contributed by atoms with Gasteiger partial charge < -0.3 is 31.2 Å². The second-order valence-corrected chi connectivity index (χ2v) is 17.6. The van der Waals surface area contributed by atoms with Crippen molar-refractivity contribution in [3.63, 3.8) is 0 Å². The van der Waals surface area contributed by atoms with Crippen LogP contribution in [0.15, 0.2) is 139 Å². The molecular weight excluding hydrogens is 707 g/mol. The second kappa shape index (κ2) is 15.0. The number of allylic oxidation sites excluding steroid dienone is 16. The quantitative estimate of drug-likeness (QED) is 0.246. The SMILES string of the molecule is CC1=CC=CC2[CH-]C3(C)C4(C)C=CC=CC4(C)C4(C)C=CC=CC4(C)C3(C)C12C.Cc1ccc([C](=[Ti+2])c2ccc(C)cc2)cc1.[C-]1=CC=CC1.[Cl-].[Cl-]. The Morgan fingerprint density at radius 1 is 0.635 bits per heavy atom. The largest absolute Gasteiger partial charge is 1.00 e. The fourth-order valence-corrected chi connectivity index (χ4v) is 11.7. The van der Waals surface area contributed by atoms with Crippen molar-refractivity contribution >= 4 is 3.81 Å². The van der Waals surface area contributed by atoms with Gasteiger partial charge in [0.05, 0.1) is 0 Å². The molecule has 8 unspecified atom stereocenters. The third-order valence-corrected chi connectivity index (χ3v) is 16.2. The molecule has 6 aliphatic rings. The number of aryl methyl sites for hydroxylation is 2. The number of fused-ring (bicyclic) bond motifs is 8. The number of hydrogen-bond acceptors (Lipinski definition) is 0. The molecule has 0 aliphatic heterocycles. The van der Waals surface area contributed by atoms with Crippen LogP contribution in [0.4, 0.5) is 0 Å². The van der Waals surface area contributed by atoms with Crippen LogP contribution in [0.5, 0.6) is 0 Å². The predicted molar refractivity (Wildman–Crippen MR) is 211 cm³/mol. The number of hydrogen-bond donors (Lipinski definition) is 0. The van der Waals surface area contributed by atoms with E-state index in [0.29, 0.717) is 5.92 Å². The Balaban J connectivity index is 0.000000221. The summed E-state index contributed by atoms with van der Waals surface area (Å²) in [6.45, 7) is 24.5. The van der Waals surface area contributed by atoms with Crippen LogP contribution in [0.2, 0.25) is 0 Å². The summed E-state index contributed by atoms with van der Waals surface area (Å²) in [5, 5.41) is 0. The molecule has 3 heteroatoms. The Labute approximate surface area is 339 Å². The molecule has 0 heterocycles. The predicted octanol–water partition coefficient (Wildman–Crippen LogP) is 6.38. The zero-order valence-corrected chi connectivity index (χ0v) is 35.9. The molecule has 0 N–H and O–H groups in total. The normalized spacial score (nSPS) is 37.8. The molecule has 0 saturated heterocycles. The molecule has 8 atom stereocenters. The fraction of sp³-hybridized carbons (Fsp3) is 0.388. The molecule has 0 spiro atoms. The Morgan fingerprint density at radius 3 is 1.54 bits per heavy atom. The van der Waals surface area contributed by atoms with E-state index >= 15 is 0 Å². The maximum atomic E-state index is 2.99. The summed E-state index contributed by atoms with van der Waals surface area (Å²) in [6.07, 6.45) is 39.3. The molecule has 272 valence electrons. The zero-order valence-electron chi connectivity index (χ0n) is 32.8. The van der Waals surface area contributed by atoms with Crippen molar-refractivity contribution in [2.24, 2.45) is 43.8 Å². The van der Waals surface area contributed by atoms with E-state index in [-0.39, 0.29) is 62.7 Å². The summed E-state index contributed by atoms with van der Waals surface area (Å²) < 4.78 is 1.33. The van der Waals surface area contributed by atoms with Crippen molar-refractivity contribution < 1.29 is 44.8 Å². The minimum Gasteiger partial charge on any atom is -1.00 e. The first-order chi connectivity index (χ1) is 23.6. The van der Waals surface area contributed by atoms with Gasteiger partial charge in [-0.25, -0.2) is 12.2 Å². The molecule has 2 saturated carbocycles. The van der Waals surface area contributed by atoms with Crippen molar-refractivity contribution in [3.05, 3.63) is 174 Å². The van der Waals surface area contributed by atoms with Gasteiger partial charge in [0.15, 0.2) is 0 Å². The van der Waals surface area contributed by atoms with E-state index in [0.717, 1.165) is 6.42 Å². The fourth-order valence-electron chi connectivity index (χ4n) is 11.2. The van der Waals surface area contributed by atoms with Crippen molar-refractivity contribution in [1.29, 1.82) is 0 Å². The van der Waals surface area contributed by atoms with Crippen LogP contribution in [-0.4, -0.2) is 3.81 Å². The maximum absolute atomic E-state index is 2.99. The van der Waals surface area contributed by atoms with Gasteiger partial charge in [0.1, 0.15) is 0 Å². The molecule has 2 aromatic carbocycles. The molecule has 2 fully saturated rings. The molecule has 0 nitrogen and oxygen atoms in total. The topological polar surface area (TPSA) is 0 Å². The van der Waals surface area contributed by atoms with Gasteiger partial charge in [-0.2, -0.15) is 6.08 Å². The maximum Gasteiger partial charge on any atom is -0.109 e.